The van der Waals surface area contributed by atoms with Crippen molar-refractivity contribution in [1.29, 1.82) is 0 Å². The Morgan fingerprint density at radius 2 is 1.88 bits per heavy atom. The van der Waals surface area contributed by atoms with Gasteiger partial charge in [0.2, 0.25) is 5.91 Å². The number of rotatable bonds is 5. The molecule has 1 N–H and O–H groups in total. The van der Waals surface area contributed by atoms with Gasteiger partial charge in [-0.1, -0.05) is 56.0 Å². The smallest absolute Gasteiger partial charge is 0.271 e. The van der Waals surface area contributed by atoms with E-state index < -0.39 is 5.54 Å². The van der Waals surface area contributed by atoms with Crippen molar-refractivity contribution in [1.82, 2.24) is 14.8 Å². The molecule has 3 aromatic rings. The van der Waals surface area contributed by atoms with Gasteiger partial charge in [0.1, 0.15) is 11.2 Å². The molecule has 0 spiro atoms. The van der Waals surface area contributed by atoms with Crippen LogP contribution in [0, 0.1) is 0 Å². The third-order valence-corrected chi connectivity index (χ3v) is 8.05. The lowest BCUT2D eigenvalue weighted by Crippen LogP contribution is -2.65. The van der Waals surface area contributed by atoms with Crippen molar-refractivity contribution >= 4 is 33.4 Å². The molecule has 5 rings (SSSR count). The summed E-state index contributed by atoms with van der Waals surface area (Å²) in [5.74, 6) is -0.0670. The molecule has 0 bridgehead atoms. The van der Waals surface area contributed by atoms with Gasteiger partial charge in [0, 0.05) is 12.6 Å². The van der Waals surface area contributed by atoms with E-state index in [1.807, 2.05) is 41.5 Å². The fraction of sp³-hybridized carbons (Fsp3) is 0.462. The minimum Gasteiger partial charge on any atom is -0.351 e. The Bertz CT molecular complexity index is 1110. The highest BCUT2D eigenvalue weighted by Gasteiger charge is 2.48. The van der Waals surface area contributed by atoms with Gasteiger partial charge >= 0.3 is 0 Å². The molecule has 1 atom stereocenters. The lowest BCUT2D eigenvalue weighted by atomic mass is 9.93. The van der Waals surface area contributed by atoms with Crippen LogP contribution in [-0.2, 0) is 17.8 Å². The third-order valence-electron chi connectivity index (χ3n) is 7.20. The molecule has 0 saturated heterocycles. The highest BCUT2D eigenvalue weighted by Crippen LogP contribution is 2.34. The summed E-state index contributed by atoms with van der Waals surface area (Å²) in [4.78, 5) is 29.3. The summed E-state index contributed by atoms with van der Waals surface area (Å²) in [6.07, 6.45) is 7.61. The molecule has 2 aromatic heterocycles. The zero-order valence-corrected chi connectivity index (χ0v) is 19.5. The summed E-state index contributed by atoms with van der Waals surface area (Å²) in [6.45, 7) is 2.96. The zero-order chi connectivity index (χ0) is 22.1. The van der Waals surface area contributed by atoms with Crippen molar-refractivity contribution in [3.05, 3.63) is 59.1 Å². The van der Waals surface area contributed by atoms with E-state index in [1.165, 1.54) is 18.4 Å². The Balaban J connectivity index is 1.46. The quantitative estimate of drug-likeness (QED) is 0.558. The summed E-state index contributed by atoms with van der Waals surface area (Å²) in [7, 11) is 0. The highest BCUT2D eigenvalue weighted by atomic mass is 32.1. The lowest BCUT2D eigenvalue weighted by molar-refractivity contribution is -0.133. The van der Waals surface area contributed by atoms with E-state index in [4.69, 9.17) is 0 Å². The van der Waals surface area contributed by atoms with Gasteiger partial charge in [-0.15, -0.1) is 11.3 Å². The van der Waals surface area contributed by atoms with E-state index in [-0.39, 0.29) is 17.9 Å². The molecule has 1 aromatic carbocycles. The van der Waals surface area contributed by atoms with Crippen molar-refractivity contribution in [3.8, 4) is 0 Å². The maximum Gasteiger partial charge on any atom is 0.271 e. The first-order valence-electron chi connectivity index (χ1n) is 11.8. The van der Waals surface area contributed by atoms with Crippen LogP contribution in [0.15, 0.2) is 47.8 Å². The number of aromatic nitrogens is 1. The standard InChI is InChI=1S/C26H31N3O2S/c1-26(25(31)27-20-11-7-2-3-8-12-20)18-28-21-14-16-32-23(21)17-22(28)24(30)29(26)15-13-19-9-5-4-6-10-19/h4-6,9-10,14,16-17,20H,2-3,7-8,11-13,15,18H2,1H3,(H,27,31). The first-order chi connectivity index (χ1) is 15.6. The van der Waals surface area contributed by atoms with Gasteiger partial charge in [0.25, 0.3) is 5.91 Å². The first-order valence-corrected chi connectivity index (χ1v) is 12.7. The van der Waals surface area contributed by atoms with Gasteiger partial charge in [0.15, 0.2) is 0 Å². The van der Waals surface area contributed by atoms with Crippen molar-refractivity contribution in [3.63, 3.8) is 0 Å². The molecule has 1 saturated carbocycles. The zero-order valence-electron chi connectivity index (χ0n) is 18.7. The lowest BCUT2D eigenvalue weighted by Gasteiger charge is -2.44. The van der Waals surface area contributed by atoms with Crippen LogP contribution in [-0.4, -0.2) is 39.4 Å². The van der Waals surface area contributed by atoms with E-state index in [2.05, 4.69) is 28.1 Å². The molecular formula is C26H31N3O2S. The number of carbonyl (C=O) groups excluding carboxylic acids is 2. The summed E-state index contributed by atoms with van der Waals surface area (Å²) in [5, 5.41) is 5.39. The molecule has 3 heterocycles. The van der Waals surface area contributed by atoms with E-state index in [0.717, 1.165) is 42.3 Å². The van der Waals surface area contributed by atoms with Crippen LogP contribution in [0.25, 0.3) is 10.2 Å². The van der Waals surface area contributed by atoms with Gasteiger partial charge in [-0.05, 0) is 49.3 Å². The average molecular weight is 450 g/mol. The van der Waals surface area contributed by atoms with Gasteiger partial charge in [0.05, 0.1) is 16.8 Å². The molecule has 32 heavy (non-hydrogen) atoms. The molecule has 1 unspecified atom stereocenters. The molecule has 2 aliphatic rings. The number of nitrogens with zero attached hydrogens (tertiary/aromatic N) is 2. The minimum absolute atomic E-state index is 0.0199. The molecule has 1 fully saturated rings. The van der Waals surface area contributed by atoms with Crippen LogP contribution in [0.1, 0.15) is 61.5 Å². The fourth-order valence-corrected chi connectivity index (χ4v) is 6.10. The first kappa shape index (κ1) is 21.3. The summed E-state index contributed by atoms with van der Waals surface area (Å²) in [6, 6.07) is 14.4. The second-order valence-electron chi connectivity index (χ2n) is 9.41. The summed E-state index contributed by atoms with van der Waals surface area (Å²) < 4.78 is 3.16. The molecule has 6 heteroatoms. The predicted octanol–water partition coefficient (Wildman–Crippen LogP) is 5.00. The van der Waals surface area contributed by atoms with Crippen LogP contribution in [0.5, 0.6) is 0 Å². The predicted molar refractivity (Wildman–Crippen MR) is 129 cm³/mol. The van der Waals surface area contributed by atoms with Crippen molar-refractivity contribution < 1.29 is 9.59 Å². The summed E-state index contributed by atoms with van der Waals surface area (Å²) in [5.41, 5.74) is 2.00. The average Bonchev–Trinajstić information content (AvgIpc) is 3.29. The molecule has 0 radical (unpaired) electrons. The van der Waals surface area contributed by atoms with Crippen molar-refractivity contribution in [2.45, 2.75) is 70.0 Å². The number of amides is 2. The van der Waals surface area contributed by atoms with Gasteiger partial charge < -0.3 is 14.8 Å². The minimum atomic E-state index is -0.918. The monoisotopic (exact) mass is 449 g/mol. The van der Waals surface area contributed by atoms with Crippen molar-refractivity contribution in [2.75, 3.05) is 6.54 Å². The van der Waals surface area contributed by atoms with E-state index in [1.54, 1.807) is 11.3 Å². The van der Waals surface area contributed by atoms with Crippen LogP contribution < -0.4 is 5.32 Å². The largest absolute Gasteiger partial charge is 0.351 e. The highest BCUT2D eigenvalue weighted by molar-refractivity contribution is 7.17. The Kier molecular flexibility index (Phi) is 5.80. The number of fused-ring (bicyclic) bond motifs is 3. The molecular weight excluding hydrogens is 418 g/mol. The Morgan fingerprint density at radius 1 is 1.12 bits per heavy atom. The van der Waals surface area contributed by atoms with Crippen LogP contribution in [0.3, 0.4) is 0 Å². The number of nitrogens with one attached hydrogen (secondary N) is 1. The Labute approximate surface area is 193 Å². The fourth-order valence-electron chi connectivity index (χ4n) is 5.27. The summed E-state index contributed by atoms with van der Waals surface area (Å²) >= 11 is 1.64. The SMILES string of the molecule is CC1(C(=O)NC2CCCCCC2)Cn2c(cc3sccc32)C(=O)N1CCc1ccccc1. The van der Waals surface area contributed by atoms with Crippen LogP contribution in [0.4, 0.5) is 0 Å². The molecule has 168 valence electrons. The van der Waals surface area contributed by atoms with Crippen LogP contribution >= 0.6 is 11.3 Å². The maximum atomic E-state index is 13.8. The number of thiophene rings is 1. The number of hydrogen-bond donors (Lipinski definition) is 1. The second kappa shape index (κ2) is 8.74. The number of benzene rings is 1. The van der Waals surface area contributed by atoms with E-state index in [0.29, 0.717) is 18.8 Å². The molecule has 2 amide bonds. The van der Waals surface area contributed by atoms with Gasteiger partial charge in [-0.25, -0.2) is 0 Å². The molecule has 1 aliphatic carbocycles. The maximum absolute atomic E-state index is 13.8. The topological polar surface area (TPSA) is 54.3 Å². The molecule has 1 aliphatic heterocycles. The van der Waals surface area contributed by atoms with Crippen LogP contribution in [0.2, 0.25) is 0 Å². The van der Waals surface area contributed by atoms with E-state index in [9.17, 15) is 9.59 Å². The van der Waals surface area contributed by atoms with Crippen molar-refractivity contribution in [2.24, 2.45) is 0 Å². The third kappa shape index (κ3) is 3.85. The second-order valence-corrected chi connectivity index (χ2v) is 10.4. The number of hydrogen-bond acceptors (Lipinski definition) is 3. The molecule has 5 nitrogen and oxygen atoms in total. The van der Waals surface area contributed by atoms with E-state index >= 15 is 0 Å². The van der Waals surface area contributed by atoms with Gasteiger partial charge in [-0.2, -0.15) is 0 Å². The normalized spacial score (nSPS) is 22.0. The Morgan fingerprint density at radius 3 is 2.62 bits per heavy atom. The number of carbonyl (C=O) groups is 2. The Hall–Kier alpha value is -2.60. The van der Waals surface area contributed by atoms with Gasteiger partial charge in [-0.3, -0.25) is 9.59 Å².